The minimum absolute atomic E-state index is 0.347. The van der Waals surface area contributed by atoms with Gasteiger partial charge in [-0.1, -0.05) is 25.7 Å². The first-order chi connectivity index (χ1) is 9.01. The van der Waals surface area contributed by atoms with Crippen molar-refractivity contribution in [2.75, 3.05) is 6.61 Å². The molecule has 2 rings (SSSR count). The Hall–Kier alpha value is -0.0800. The van der Waals surface area contributed by atoms with E-state index in [1.165, 1.54) is 38.5 Å². The van der Waals surface area contributed by atoms with E-state index in [0.29, 0.717) is 12.5 Å². The second kappa shape index (κ2) is 6.58. The van der Waals surface area contributed by atoms with Gasteiger partial charge in [0, 0.05) is 6.61 Å². The molecule has 0 heterocycles. The number of aliphatic hydroxyl groups is 2. The van der Waals surface area contributed by atoms with Crippen LogP contribution in [0.3, 0.4) is 0 Å². The number of rotatable bonds is 6. The second-order valence-corrected chi connectivity index (χ2v) is 7.60. The highest BCUT2D eigenvalue weighted by molar-refractivity contribution is 4.90. The lowest BCUT2D eigenvalue weighted by atomic mass is 9.73. The molecule has 2 saturated carbocycles. The van der Waals surface area contributed by atoms with Crippen LogP contribution in [0.5, 0.6) is 0 Å². The summed E-state index contributed by atoms with van der Waals surface area (Å²) in [5.74, 6) is 3.10. The topological polar surface area (TPSA) is 40.5 Å². The zero-order chi connectivity index (χ0) is 13.9. The first kappa shape index (κ1) is 15.3. The maximum absolute atomic E-state index is 9.79. The van der Waals surface area contributed by atoms with E-state index in [0.717, 1.165) is 37.0 Å². The lowest BCUT2D eigenvalue weighted by molar-refractivity contribution is 0.0594. The molecule has 4 atom stereocenters. The zero-order valence-corrected chi connectivity index (χ0v) is 12.8. The molecule has 2 nitrogen and oxygen atoms in total. The molecule has 0 radical (unpaired) electrons. The fraction of sp³-hybridized carbons (Fsp3) is 1.00. The van der Waals surface area contributed by atoms with Crippen molar-refractivity contribution in [3.05, 3.63) is 0 Å². The fourth-order valence-corrected chi connectivity index (χ4v) is 4.60. The fourth-order valence-electron chi connectivity index (χ4n) is 4.60. The van der Waals surface area contributed by atoms with E-state index in [1.807, 2.05) is 13.8 Å². The Morgan fingerprint density at radius 1 is 1.11 bits per heavy atom. The second-order valence-electron chi connectivity index (χ2n) is 7.60. The molecule has 2 aliphatic rings. The van der Waals surface area contributed by atoms with Gasteiger partial charge in [-0.3, -0.25) is 0 Å². The van der Waals surface area contributed by atoms with Gasteiger partial charge >= 0.3 is 0 Å². The van der Waals surface area contributed by atoms with Crippen molar-refractivity contribution in [2.45, 2.75) is 77.2 Å². The third-order valence-corrected chi connectivity index (χ3v) is 5.59. The van der Waals surface area contributed by atoms with E-state index in [1.54, 1.807) is 0 Å². The monoisotopic (exact) mass is 268 g/mol. The Bertz CT molecular complexity index is 269. The summed E-state index contributed by atoms with van der Waals surface area (Å²) in [6.07, 6.45) is 11.4. The zero-order valence-electron chi connectivity index (χ0n) is 12.8. The highest BCUT2D eigenvalue weighted by Gasteiger charge is 2.40. The van der Waals surface area contributed by atoms with Crippen molar-refractivity contribution < 1.29 is 10.2 Å². The highest BCUT2D eigenvalue weighted by Crippen LogP contribution is 2.49. The van der Waals surface area contributed by atoms with Crippen LogP contribution in [0.2, 0.25) is 0 Å². The molecule has 4 unspecified atom stereocenters. The summed E-state index contributed by atoms with van der Waals surface area (Å²) in [6, 6.07) is 0. The molecule has 2 aliphatic carbocycles. The summed E-state index contributed by atoms with van der Waals surface area (Å²) in [4.78, 5) is 0. The van der Waals surface area contributed by atoms with Gasteiger partial charge in [-0.05, 0) is 69.6 Å². The van der Waals surface area contributed by atoms with Gasteiger partial charge in [-0.25, -0.2) is 0 Å². The average molecular weight is 268 g/mol. The van der Waals surface area contributed by atoms with Gasteiger partial charge in [0.25, 0.3) is 0 Å². The maximum Gasteiger partial charge on any atom is 0.0591 e. The molecule has 0 aromatic carbocycles. The summed E-state index contributed by atoms with van der Waals surface area (Å²) >= 11 is 0. The number of hydrogen-bond donors (Lipinski definition) is 2. The molecule has 0 bridgehead atoms. The molecule has 0 aliphatic heterocycles. The predicted molar refractivity (Wildman–Crippen MR) is 78.9 cm³/mol. The van der Waals surface area contributed by atoms with Crippen LogP contribution in [0, 0.1) is 23.7 Å². The standard InChI is InChI=1S/C17H32O2/c1-17(2,19)11-5-7-14(12-18)16-10-9-13-6-3-4-8-15(13)16/h13-16,18-19H,3-12H2,1-2H3. The quantitative estimate of drug-likeness (QED) is 0.770. The van der Waals surface area contributed by atoms with Crippen LogP contribution in [0.25, 0.3) is 0 Å². The first-order valence-electron chi connectivity index (χ1n) is 8.34. The molecule has 2 heteroatoms. The van der Waals surface area contributed by atoms with Gasteiger partial charge in [0.1, 0.15) is 0 Å². The van der Waals surface area contributed by atoms with E-state index in [-0.39, 0.29) is 0 Å². The third-order valence-electron chi connectivity index (χ3n) is 5.59. The summed E-state index contributed by atoms with van der Waals surface area (Å²) in [7, 11) is 0. The van der Waals surface area contributed by atoms with Gasteiger partial charge < -0.3 is 10.2 Å². The molecule has 0 aromatic heterocycles. The van der Waals surface area contributed by atoms with Crippen LogP contribution in [0.4, 0.5) is 0 Å². The largest absolute Gasteiger partial charge is 0.396 e. The molecule has 112 valence electrons. The maximum atomic E-state index is 9.79. The minimum Gasteiger partial charge on any atom is -0.396 e. The van der Waals surface area contributed by atoms with Crippen LogP contribution in [-0.4, -0.2) is 22.4 Å². The molecule has 0 spiro atoms. The van der Waals surface area contributed by atoms with Crippen molar-refractivity contribution in [1.82, 2.24) is 0 Å². The van der Waals surface area contributed by atoms with E-state index >= 15 is 0 Å². The predicted octanol–water partition coefficient (Wildman–Crippen LogP) is 3.75. The average Bonchev–Trinajstić information content (AvgIpc) is 2.77. The minimum atomic E-state index is -0.553. The molecule has 19 heavy (non-hydrogen) atoms. The summed E-state index contributed by atoms with van der Waals surface area (Å²) < 4.78 is 0. The van der Waals surface area contributed by atoms with Gasteiger partial charge in [0.05, 0.1) is 5.60 Å². The Balaban J connectivity index is 1.83. The molecule has 2 N–H and O–H groups in total. The van der Waals surface area contributed by atoms with Crippen molar-refractivity contribution in [3.8, 4) is 0 Å². The first-order valence-corrected chi connectivity index (χ1v) is 8.34. The lowest BCUT2D eigenvalue weighted by Gasteiger charge is -2.33. The molecule has 2 fully saturated rings. The normalized spacial score (nSPS) is 33.2. The van der Waals surface area contributed by atoms with Gasteiger partial charge in [-0.15, -0.1) is 0 Å². The smallest absolute Gasteiger partial charge is 0.0591 e. The van der Waals surface area contributed by atoms with Crippen molar-refractivity contribution in [2.24, 2.45) is 23.7 Å². The summed E-state index contributed by atoms with van der Waals surface area (Å²) in [5.41, 5.74) is -0.553. The van der Waals surface area contributed by atoms with Crippen molar-refractivity contribution >= 4 is 0 Å². The SMILES string of the molecule is CC(C)(O)CCCC(CO)C1CCC2CCCCC21. The Kier molecular flexibility index (Phi) is 5.30. The molecule has 0 saturated heterocycles. The number of fused-ring (bicyclic) bond motifs is 1. The van der Waals surface area contributed by atoms with Crippen molar-refractivity contribution in [1.29, 1.82) is 0 Å². The van der Waals surface area contributed by atoms with Crippen LogP contribution in [0.1, 0.15) is 71.6 Å². The van der Waals surface area contributed by atoms with Gasteiger partial charge in [0.15, 0.2) is 0 Å². The van der Waals surface area contributed by atoms with E-state index < -0.39 is 5.60 Å². The Labute approximate surface area is 118 Å². The summed E-state index contributed by atoms with van der Waals surface area (Å²) in [5, 5.41) is 19.5. The van der Waals surface area contributed by atoms with E-state index in [4.69, 9.17) is 0 Å². The van der Waals surface area contributed by atoms with Gasteiger partial charge in [-0.2, -0.15) is 0 Å². The van der Waals surface area contributed by atoms with E-state index in [2.05, 4.69) is 0 Å². The molecule has 0 aromatic rings. The highest BCUT2D eigenvalue weighted by atomic mass is 16.3. The van der Waals surface area contributed by atoms with Crippen LogP contribution in [0.15, 0.2) is 0 Å². The third kappa shape index (κ3) is 4.19. The molecular weight excluding hydrogens is 236 g/mol. The number of aliphatic hydroxyl groups excluding tert-OH is 1. The number of hydrogen-bond acceptors (Lipinski definition) is 2. The van der Waals surface area contributed by atoms with Gasteiger partial charge in [0.2, 0.25) is 0 Å². The van der Waals surface area contributed by atoms with Crippen LogP contribution < -0.4 is 0 Å². The Morgan fingerprint density at radius 2 is 1.84 bits per heavy atom. The molecular formula is C17H32O2. The summed E-state index contributed by atoms with van der Waals surface area (Å²) in [6.45, 7) is 4.11. The van der Waals surface area contributed by atoms with E-state index in [9.17, 15) is 10.2 Å². The Morgan fingerprint density at radius 3 is 2.53 bits per heavy atom. The van der Waals surface area contributed by atoms with Crippen molar-refractivity contribution in [3.63, 3.8) is 0 Å². The lowest BCUT2D eigenvalue weighted by Crippen LogP contribution is -2.27. The van der Waals surface area contributed by atoms with Crippen LogP contribution in [-0.2, 0) is 0 Å². The molecule has 0 amide bonds. The van der Waals surface area contributed by atoms with Crippen LogP contribution >= 0.6 is 0 Å².